The Labute approximate surface area is 162 Å². The number of hydrogen-bond donors (Lipinski definition) is 2. The van der Waals surface area contributed by atoms with E-state index in [1.807, 2.05) is 30.3 Å². The first-order valence-electron chi connectivity index (χ1n) is 8.72. The highest BCUT2D eigenvalue weighted by molar-refractivity contribution is 5.97. The summed E-state index contributed by atoms with van der Waals surface area (Å²) in [5, 5.41) is 5.26. The molecule has 0 bridgehead atoms. The van der Waals surface area contributed by atoms with E-state index in [1.54, 1.807) is 30.3 Å². The second-order valence-electron chi connectivity index (χ2n) is 5.98. The molecule has 3 rings (SSSR count). The molecule has 3 aromatic rings. The smallest absolute Gasteiger partial charge is 0.262 e. The lowest BCUT2D eigenvalue weighted by molar-refractivity contribution is -0.118. The molecule has 3 aromatic carbocycles. The number of anilines is 1. The number of para-hydroxylation sites is 2. The van der Waals surface area contributed by atoms with Crippen LogP contribution in [0, 0.1) is 5.82 Å². The van der Waals surface area contributed by atoms with E-state index in [9.17, 15) is 14.0 Å². The van der Waals surface area contributed by atoms with Gasteiger partial charge < -0.3 is 15.4 Å². The number of benzene rings is 3. The van der Waals surface area contributed by atoms with Crippen LogP contribution in [0.25, 0.3) is 0 Å². The van der Waals surface area contributed by atoms with Crippen molar-refractivity contribution in [3.63, 3.8) is 0 Å². The monoisotopic (exact) mass is 378 g/mol. The van der Waals surface area contributed by atoms with Gasteiger partial charge in [-0.25, -0.2) is 4.39 Å². The van der Waals surface area contributed by atoms with E-state index in [-0.39, 0.29) is 24.0 Å². The van der Waals surface area contributed by atoms with Crippen LogP contribution >= 0.6 is 0 Å². The summed E-state index contributed by atoms with van der Waals surface area (Å²) in [7, 11) is 0. The highest BCUT2D eigenvalue weighted by Gasteiger charge is 2.14. The van der Waals surface area contributed by atoms with Crippen molar-refractivity contribution in [3.05, 3.63) is 95.8 Å². The summed E-state index contributed by atoms with van der Waals surface area (Å²) in [4.78, 5) is 24.5. The Hall–Kier alpha value is -3.67. The number of carbonyl (C=O) groups is 2. The minimum atomic E-state index is -0.531. The first-order chi connectivity index (χ1) is 13.6. The van der Waals surface area contributed by atoms with E-state index in [1.165, 1.54) is 18.2 Å². The van der Waals surface area contributed by atoms with Crippen molar-refractivity contribution in [2.75, 3.05) is 11.9 Å². The number of rotatable bonds is 7. The Morgan fingerprint density at radius 2 is 1.54 bits per heavy atom. The van der Waals surface area contributed by atoms with Crippen LogP contribution in [0.15, 0.2) is 78.9 Å². The number of halogens is 1. The van der Waals surface area contributed by atoms with Gasteiger partial charge in [0, 0.05) is 6.54 Å². The van der Waals surface area contributed by atoms with Gasteiger partial charge in [0.05, 0.1) is 11.3 Å². The Morgan fingerprint density at radius 3 is 2.32 bits per heavy atom. The minimum absolute atomic E-state index is 0.0741. The molecule has 6 heteroatoms. The summed E-state index contributed by atoms with van der Waals surface area (Å²) in [6.07, 6.45) is 0. The van der Waals surface area contributed by atoms with Crippen LogP contribution in [-0.4, -0.2) is 18.4 Å². The molecule has 2 N–H and O–H groups in total. The van der Waals surface area contributed by atoms with Crippen molar-refractivity contribution in [2.45, 2.75) is 6.54 Å². The second-order valence-corrected chi connectivity index (χ2v) is 5.98. The van der Waals surface area contributed by atoms with E-state index in [2.05, 4.69) is 10.6 Å². The molecule has 0 spiro atoms. The van der Waals surface area contributed by atoms with Gasteiger partial charge in [-0.2, -0.15) is 0 Å². The molecule has 28 heavy (non-hydrogen) atoms. The average Bonchev–Trinajstić information content (AvgIpc) is 2.73. The third-order valence-electron chi connectivity index (χ3n) is 3.93. The fraction of sp³-hybridized carbons (Fsp3) is 0.0909. The molecule has 0 aliphatic carbocycles. The predicted octanol–water partition coefficient (Wildman–Crippen LogP) is 3.77. The van der Waals surface area contributed by atoms with Crippen LogP contribution in [0.3, 0.4) is 0 Å². The fourth-order valence-corrected chi connectivity index (χ4v) is 2.55. The molecule has 0 aromatic heterocycles. The molecule has 0 saturated carbocycles. The predicted molar refractivity (Wildman–Crippen MR) is 105 cm³/mol. The molecule has 2 amide bonds. The second kappa shape index (κ2) is 9.32. The van der Waals surface area contributed by atoms with Crippen molar-refractivity contribution in [1.82, 2.24) is 5.32 Å². The molecule has 0 aliphatic heterocycles. The Balaban J connectivity index is 1.59. The van der Waals surface area contributed by atoms with Gasteiger partial charge in [-0.05, 0) is 29.8 Å². The van der Waals surface area contributed by atoms with Crippen LogP contribution < -0.4 is 15.4 Å². The molecule has 0 atom stereocenters. The number of carbonyl (C=O) groups excluding carboxylic acids is 2. The van der Waals surface area contributed by atoms with Crippen LogP contribution in [0.2, 0.25) is 0 Å². The quantitative estimate of drug-likeness (QED) is 0.658. The summed E-state index contributed by atoms with van der Waals surface area (Å²) in [6, 6.07) is 22.0. The third kappa shape index (κ3) is 5.17. The largest absolute Gasteiger partial charge is 0.483 e. The normalized spacial score (nSPS) is 10.2. The topological polar surface area (TPSA) is 67.4 Å². The zero-order chi connectivity index (χ0) is 19.8. The molecule has 0 unspecified atom stereocenters. The maximum absolute atomic E-state index is 13.6. The Morgan fingerprint density at radius 1 is 0.857 bits per heavy atom. The summed E-state index contributed by atoms with van der Waals surface area (Å²) in [6.45, 7) is 0.0269. The van der Waals surface area contributed by atoms with E-state index in [0.717, 1.165) is 5.56 Å². The maximum atomic E-state index is 13.6. The zero-order valence-electron chi connectivity index (χ0n) is 15.0. The summed E-state index contributed by atoms with van der Waals surface area (Å²) < 4.78 is 19.1. The summed E-state index contributed by atoms with van der Waals surface area (Å²) in [5.41, 5.74) is 1.36. The molecule has 5 nitrogen and oxygen atoms in total. The molecule has 142 valence electrons. The Kier molecular flexibility index (Phi) is 6.36. The number of nitrogens with one attached hydrogen (secondary N) is 2. The van der Waals surface area contributed by atoms with E-state index >= 15 is 0 Å². The minimum Gasteiger partial charge on any atom is -0.483 e. The third-order valence-corrected chi connectivity index (χ3v) is 3.93. The van der Waals surface area contributed by atoms with Gasteiger partial charge in [0.2, 0.25) is 0 Å². The Bertz CT molecular complexity index is 961. The van der Waals surface area contributed by atoms with Crippen LogP contribution in [0.4, 0.5) is 10.1 Å². The van der Waals surface area contributed by atoms with Gasteiger partial charge in [-0.15, -0.1) is 0 Å². The van der Waals surface area contributed by atoms with E-state index < -0.39 is 11.7 Å². The van der Waals surface area contributed by atoms with Crippen molar-refractivity contribution >= 4 is 17.5 Å². The highest BCUT2D eigenvalue weighted by Crippen LogP contribution is 2.18. The van der Waals surface area contributed by atoms with Gasteiger partial charge >= 0.3 is 0 Å². The lowest BCUT2D eigenvalue weighted by atomic mass is 10.1. The van der Waals surface area contributed by atoms with Crippen molar-refractivity contribution in [3.8, 4) is 5.75 Å². The molecular formula is C22H19FN2O3. The number of amides is 2. The van der Waals surface area contributed by atoms with Gasteiger partial charge in [0.1, 0.15) is 11.6 Å². The van der Waals surface area contributed by atoms with Crippen molar-refractivity contribution in [1.29, 1.82) is 0 Å². The van der Waals surface area contributed by atoms with Crippen LogP contribution in [-0.2, 0) is 11.3 Å². The van der Waals surface area contributed by atoms with Gasteiger partial charge in [-0.3, -0.25) is 9.59 Å². The lowest BCUT2D eigenvalue weighted by Crippen LogP contribution is -2.25. The average molecular weight is 378 g/mol. The first-order valence-corrected chi connectivity index (χ1v) is 8.72. The maximum Gasteiger partial charge on any atom is 0.262 e. The van der Waals surface area contributed by atoms with Gasteiger partial charge in [-0.1, -0.05) is 54.6 Å². The van der Waals surface area contributed by atoms with Gasteiger partial charge in [0.25, 0.3) is 11.8 Å². The van der Waals surface area contributed by atoms with E-state index in [0.29, 0.717) is 12.1 Å². The molecular weight excluding hydrogens is 359 g/mol. The summed E-state index contributed by atoms with van der Waals surface area (Å²) in [5.74, 6) is -1.09. The molecule has 0 heterocycles. The zero-order valence-corrected chi connectivity index (χ0v) is 15.0. The molecule has 0 radical (unpaired) electrons. The first kappa shape index (κ1) is 19.1. The lowest BCUT2D eigenvalue weighted by Gasteiger charge is -2.12. The standard InChI is InChI=1S/C22H19FN2O3/c23-18-11-5-6-12-19(18)25-21(26)15-28-20-13-7-4-10-17(20)22(27)24-14-16-8-2-1-3-9-16/h1-13H,14-15H2,(H,24,27)(H,25,26). The summed E-state index contributed by atoms with van der Waals surface area (Å²) >= 11 is 0. The molecule has 0 aliphatic rings. The van der Waals surface area contributed by atoms with Gasteiger partial charge in [0.15, 0.2) is 6.61 Å². The highest BCUT2D eigenvalue weighted by atomic mass is 19.1. The molecule has 0 saturated heterocycles. The number of hydrogen-bond acceptors (Lipinski definition) is 3. The van der Waals surface area contributed by atoms with Crippen LogP contribution in [0.1, 0.15) is 15.9 Å². The van der Waals surface area contributed by atoms with Crippen molar-refractivity contribution < 1.29 is 18.7 Å². The van der Waals surface area contributed by atoms with Crippen molar-refractivity contribution in [2.24, 2.45) is 0 Å². The SMILES string of the molecule is O=C(COc1ccccc1C(=O)NCc1ccccc1)Nc1ccccc1F. The number of ether oxygens (including phenoxy) is 1. The van der Waals surface area contributed by atoms with E-state index in [4.69, 9.17) is 4.74 Å². The fourth-order valence-electron chi connectivity index (χ4n) is 2.55. The molecule has 0 fully saturated rings. The van der Waals surface area contributed by atoms with Crippen LogP contribution in [0.5, 0.6) is 5.75 Å².